The molecule has 0 saturated carbocycles. The van der Waals surface area contributed by atoms with Crippen LogP contribution < -0.4 is 4.90 Å². The number of fused-ring (bicyclic) bond motifs is 12. The Balaban J connectivity index is 1.21. The molecule has 4 heteroatoms. The van der Waals surface area contributed by atoms with Crippen molar-refractivity contribution in [2.24, 2.45) is 0 Å². The number of benzene rings is 8. The lowest BCUT2D eigenvalue weighted by atomic mass is 10.0. The molecule has 3 heterocycles. The molecule has 2 nitrogen and oxygen atoms in total. The van der Waals surface area contributed by atoms with E-state index in [2.05, 4.69) is 157 Å². The van der Waals surface area contributed by atoms with Crippen molar-refractivity contribution in [2.75, 3.05) is 4.90 Å². The highest BCUT2D eigenvalue weighted by Crippen LogP contribution is 2.50. The molecule has 0 radical (unpaired) electrons. The zero-order valence-electron chi connectivity index (χ0n) is 26.8. The van der Waals surface area contributed by atoms with Crippen molar-refractivity contribution in [3.8, 4) is 11.1 Å². The molecule has 0 saturated heterocycles. The number of thiophene rings is 2. The summed E-state index contributed by atoms with van der Waals surface area (Å²) in [6.45, 7) is 0. The molecule has 0 unspecified atom stereocenters. The lowest BCUT2D eigenvalue weighted by Gasteiger charge is -2.26. The van der Waals surface area contributed by atoms with Gasteiger partial charge < -0.3 is 9.32 Å². The second-order valence-electron chi connectivity index (χ2n) is 12.9. The van der Waals surface area contributed by atoms with E-state index < -0.39 is 0 Å². The summed E-state index contributed by atoms with van der Waals surface area (Å²) >= 11 is 3.79. The molecule has 11 aromatic rings. The molecule has 0 fully saturated rings. The maximum absolute atomic E-state index is 6.44. The van der Waals surface area contributed by atoms with Crippen molar-refractivity contribution in [1.29, 1.82) is 0 Å². The van der Waals surface area contributed by atoms with Gasteiger partial charge in [-0.2, -0.15) is 0 Å². The molecule has 0 N–H and O–H groups in total. The van der Waals surface area contributed by atoms with Crippen molar-refractivity contribution in [3.63, 3.8) is 0 Å². The molecule has 11 rings (SSSR count). The highest BCUT2D eigenvalue weighted by atomic mass is 32.1. The summed E-state index contributed by atoms with van der Waals surface area (Å²) in [6, 6.07) is 59.3. The Morgan fingerprint density at radius 2 is 1.08 bits per heavy atom. The van der Waals surface area contributed by atoms with Crippen molar-refractivity contribution >= 4 is 113 Å². The molecule has 0 atom stereocenters. The van der Waals surface area contributed by atoms with E-state index in [1.807, 2.05) is 34.8 Å². The van der Waals surface area contributed by atoms with Crippen LogP contribution >= 0.6 is 22.7 Å². The Hall–Kier alpha value is -5.94. The van der Waals surface area contributed by atoms with Gasteiger partial charge in [0.2, 0.25) is 0 Å². The molecule has 0 aliphatic carbocycles. The van der Waals surface area contributed by atoms with Crippen LogP contribution in [-0.2, 0) is 0 Å². The summed E-state index contributed by atoms with van der Waals surface area (Å²) < 4.78 is 11.7. The maximum atomic E-state index is 6.44. The fourth-order valence-corrected chi connectivity index (χ4v) is 10.2. The van der Waals surface area contributed by atoms with Crippen LogP contribution in [0.4, 0.5) is 17.1 Å². The third-order valence-electron chi connectivity index (χ3n) is 10.1. The Bertz CT molecular complexity index is 3090. The van der Waals surface area contributed by atoms with Gasteiger partial charge in [-0.1, -0.05) is 103 Å². The number of nitrogens with zero attached hydrogens (tertiary/aromatic N) is 1. The van der Waals surface area contributed by atoms with Gasteiger partial charge >= 0.3 is 0 Å². The van der Waals surface area contributed by atoms with Crippen molar-refractivity contribution < 1.29 is 4.42 Å². The van der Waals surface area contributed by atoms with Crippen LogP contribution in [0.2, 0.25) is 0 Å². The zero-order valence-corrected chi connectivity index (χ0v) is 28.4. The van der Waals surface area contributed by atoms with E-state index in [1.54, 1.807) is 0 Å². The van der Waals surface area contributed by atoms with Crippen molar-refractivity contribution in [1.82, 2.24) is 0 Å². The number of anilines is 3. The first kappa shape index (κ1) is 28.0. The van der Waals surface area contributed by atoms with Gasteiger partial charge in [-0.15, -0.1) is 22.7 Å². The van der Waals surface area contributed by atoms with Gasteiger partial charge in [0, 0.05) is 68.6 Å². The van der Waals surface area contributed by atoms with Crippen LogP contribution in [0.5, 0.6) is 0 Å². The van der Waals surface area contributed by atoms with E-state index in [9.17, 15) is 0 Å². The summed E-state index contributed by atoms with van der Waals surface area (Å²) in [5.74, 6) is 0. The van der Waals surface area contributed by atoms with Gasteiger partial charge in [0.1, 0.15) is 11.2 Å². The summed E-state index contributed by atoms with van der Waals surface area (Å²) in [6.07, 6.45) is 0. The SMILES string of the molecule is c1ccc(-c2ccc(N(c3ccc4c(c3)oc3ccccc34)c3cccc4sc5ccc6sc7c8ccccc8ccc7c6c5c34)cc2)cc1. The molecular weight excluding hydrogens is 647 g/mol. The third kappa shape index (κ3) is 4.13. The van der Waals surface area contributed by atoms with Crippen LogP contribution in [0.3, 0.4) is 0 Å². The molecule has 0 spiro atoms. The van der Waals surface area contributed by atoms with E-state index >= 15 is 0 Å². The lowest BCUT2D eigenvalue weighted by Crippen LogP contribution is -2.10. The topological polar surface area (TPSA) is 16.4 Å². The van der Waals surface area contributed by atoms with E-state index in [0.717, 1.165) is 39.0 Å². The number of rotatable bonds is 4. The van der Waals surface area contributed by atoms with Crippen LogP contribution in [0, 0.1) is 0 Å². The zero-order chi connectivity index (χ0) is 32.8. The van der Waals surface area contributed by atoms with Crippen molar-refractivity contribution in [3.05, 3.63) is 164 Å². The average Bonchev–Trinajstić information content (AvgIpc) is 3.87. The second-order valence-corrected chi connectivity index (χ2v) is 15.0. The van der Waals surface area contributed by atoms with E-state index in [-0.39, 0.29) is 0 Å². The minimum Gasteiger partial charge on any atom is -0.456 e. The molecule has 0 bridgehead atoms. The van der Waals surface area contributed by atoms with Gasteiger partial charge in [-0.05, 0) is 76.5 Å². The minimum absolute atomic E-state index is 0.884. The van der Waals surface area contributed by atoms with E-state index in [1.165, 1.54) is 62.2 Å². The standard InChI is InChI=1S/C46H27NOS2/c1-2-9-28(10-3-1)29-17-20-31(21-18-29)47(32-22-24-35-34-13-6-7-15-38(34)48-39(35)27-32)37-14-8-16-40-44(37)45-42(49-40)26-25-41-43(45)36-23-19-30-11-4-5-12-33(30)46(36)50-41/h1-27H. The first-order valence-electron chi connectivity index (χ1n) is 16.8. The average molecular weight is 674 g/mol. The first-order valence-corrected chi connectivity index (χ1v) is 18.5. The number of para-hydroxylation sites is 1. The third-order valence-corrected chi connectivity index (χ3v) is 12.4. The highest BCUT2D eigenvalue weighted by Gasteiger charge is 2.22. The van der Waals surface area contributed by atoms with Crippen LogP contribution in [-0.4, -0.2) is 0 Å². The van der Waals surface area contributed by atoms with E-state index in [0.29, 0.717) is 0 Å². The van der Waals surface area contributed by atoms with Gasteiger partial charge in [0.25, 0.3) is 0 Å². The second kappa shape index (κ2) is 10.8. The number of furan rings is 1. The summed E-state index contributed by atoms with van der Waals surface area (Å²) in [5.41, 5.74) is 7.51. The quantitative estimate of drug-likeness (QED) is 0.185. The molecule has 0 aliphatic rings. The fourth-order valence-electron chi connectivity index (χ4n) is 7.79. The van der Waals surface area contributed by atoms with Gasteiger partial charge in [-0.3, -0.25) is 0 Å². The van der Waals surface area contributed by atoms with Gasteiger partial charge in [0.15, 0.2) is 0 Å². The molecule has 50 heavy (non-hydrogen) atoms. The fraction of sp³-hybridized carbons (Fsp3) is 0. The van der Waals surface area contributed by atoms with Crippen LogP contribution in [0.15, 0.2) is 168 Å². The van der Waals surface area contributed by atoms with Gasteiger partial charge in [0.05, 0.1) is 5.69 Å². The predicted octanol–water partition coefficient (Wildman–Crippen LogP) is 14.6. The normalized spacial score (nSPS) is 12.0. The maximum Gasteiger partial charge on any atom is 0.137 e. The molecule has 0 aliphatic heterocycles. The number of hydrogen-bond acceptors (Lipinski definition) is 4. The Morgan fingerprint density at radius 3 is 1.96 bits per heavy atom. The Kier molecular flexibility index (Phi) is 6.03. The van der Waals surface area contributed by atoms with E-state index in [4.69, 9.17) is 4.42 Å². The summed E-state index contributed by atoms with van der Waals surface area (Å²) in [5, 5.41) is 10.1. The summed E-state index contributed by atoms with van der Waals surface area (Å²) in [7, 11) is 0. The highest BCUT2D eigenvalue weighted by molar-refractivity contribution is 7.28. The molecule has 8 aromatic carbocycles. The molecule has 234 valence electrons. The Morgan fingerprint density at radius 1 is 0.400 bits per heavy atom. The minimum atomic E-state index is 0.884. The largest absolute Gasteiger partial charge is 0.456 e. The Labute approximate surface area is 295 Å². The predicted molar refractivity (Wildman–Crippen MR) is 217 cm³/mol. The smallest absolute Gasteiger partial charge is 0.137 e. The van der Waals surface area contributed by atoms with Crippen LogP contribution in [0.25, 0.3) is 84.2 Å². The summed E-state index contributed by atoms with van der Waals surface area (Å²) in [4.78, 5) is 2.42. The van der Waals surface area contributed by atoms with Crippen molar-refractivity contribution in [2.45, 2.75) is 0 Å². The number of hydrogen-bond donors (Lipinski definition) is 0. The first-order chi connectivity index (χ1) is 24.8. The lowest BCUT2D eigenvalue weighted by molar-refractivity contribution is 0.669. The molecule has 0 amide bonds. The van der Waals surface area contributed by atoms with Crippen LogP contribution in [0.1, 0.15) is 0 Å². The van der Waals surface area contributed by atoms with Gasteiger partial charge in [-0.25, -0.2) is 0 Å². The molecule has 3 aromatic heterocycles. The monoisotopic (exact) mass is 673 g/mol. The molecular formula is C46H27NOS2.